The zero-order valence-corrected chi connectivity index (χ0v) is 13.9. The predicted molar refractivity (Wildman–Crippen MR) is 94.2 cm³/mol. The van der Waals surface area contributed by atoms with Gasteiger partial charge in [0.15, 0.2) is 0 Å². The van der Waals surface area contributed by atoms with Gasteiger partial charge in [0.1, 0.15) is 12.4 Å². The van der Waals surface area contributed by atoms with E-state index in [9.17, 15) is 9.90 Å². The summed E-state index contributed by atoms with van der Waals surface area (Å²) in [5.41, 5.74) is 2.10. The molecule has 1 unspecified atom stereocenters. The summed E-state index contributed by atoms with van der Waals surface area (Å²) < 4.78 is 5.60. The van der Waals surface area contributed by atoms with Crippen LogP contribution < -0.4 is 15.4 Å². The average Bonchev–Trinajstić information content (AvgIpc) is 2.59. The highest BCUT2D eigenvalue weighted by Crippen LogP contribution is 2.15. The van der Waals surface area contributed by atoms with Crippen molar-refractivity contribution in [2.24, 2.45) is 0 Å². The number of hydrogen-bond acceptors (Lipinski definition) is 3. The number of nitrogens with one attached hydrogen (secondary N) is 2. The van der Waals surface area contributed by atoms with Crippen LogP contribution >= 0.6 is 0 Å². The third kappa shape index (κ3) is 6.30. The molecule has 5 nitrogen and oxygen atoms in total. The molecular weight excluding hydrogens is 304 g/mol. The quantitative estimate of drug-likeness (QED) is 0.651. The topological polar surface area (TPSA) is 70.6 Å². The van der Waals surface area contributed by atoms with E-state index in [2.05, 4.69) is 10.6 Å². The molecule has 0 aliphatic rings. The van der Waals surface area contributed by atoms with Crippen LogP contribution in [-0.4, -0.2) is 36.9 Å². The average molecular weight is 328 g/mol. The van der Waals surface area contributed by atoms with Crippen LogP contribution in [0.15, 0.2) is 54.6 Å². The number of aliphatic hydroxyl groups excluding tert-OH is 1. The molecule has 0 bridgehead atoms. The third-order valence-corrected chi connectivity index (χ3v) is 3.55. The molecule has 0 aromatic heterocycles. The van der Waals surface area contributed by atoms with E-state index < -0.39 is 6.10 Å². The summed E-state index contributed by atoms with van der Waals surface area (Å²) in [6, 6.07) is 17.1. The number of urea groups is 1. The lowest BCUT2D eigenvalue weighted by Crippen LogP contribution is -2.41. The van der Waals surface area contributed by atoms with Gasteiger partial charge in [-0.1, -0.05) is 48.5 Å². The summed E-state index contributed by atoms with van der Waals surface area (Å²) in [5, 5.41) is 15.3. The summed E-state index contributed by atoms with van der Waals surface area (Å²) in [6.45, 7) is 2.97. The van der Waals surface area contributed by atoms with E-state index >= 15 is 0 Å². The van der Waals surface area contributed by atoms with Gasteiger partial charge >= 0.3 is 6.03 Å². The normalized spacial score (nSPS) is 11.6. The van der Waals surface area contributed by atoms with E-state index in [1.807, 2.05) is 61.5 Å². The molecule has 0 heterocycles. The van der Waals surface area contributed by atoms with Gasteiger partial charge in [0.05, 0.1) is 12.6 Å². The Hall–Kier alpha value is -2.53. The van der Waals surface area contributed by atoms with Gasteiger partial charge in [-0.3, -0.25) is 0 Å². The van der Waals surface area contributed by atoms with E-state index in [4.69, 9.17) is 4.74 Å². The molecule has 0 saturated heterocycles. The van der Waals surface area contributed by atoms with Crippen molar-refractivity contribution < 1.29 is 14.6 Å². The van der Waals surface area contributed by atoms with Crippen molar-refractivity contribution in [1.29, 1.82) is 0 Å². The van der Waals surface area contributed by atoms with Gasteiger partial charge in [0, 0.05) is 13.0 Å². The molecule has 2 aromatic carbocycles. The summed E-state index contributed by atoms with van der Waals surface area (Å²) in [7, 11) is 0. The monoisotopic (exact) mass is 328 g/mol. The minimum absolute atomic E-state index is 0.208. The number of carbonyl (C=O) groups excluding carboxylic acids is 1. The second kappa shape index (κ2) is 9.57. The Morgan fingerprint density at radius 1 is 1.08 bits per heavy atom. The van der Waals surface area contributed by atoms with Crippen LogP contribution in [-0.2, 0) is 6.42 Å². The number of ether oxygens (including phenoxy) is 1. The van der Waals surface area contributed by atoms with Crippen LogP contribution in [0.5, 0.6) is 5.75 Å². The molecule has 0 fully saturated rings. The molecule has 2 rings (SSSR count). The van der Waals surface area contributed by atoms with Gasteiger partial charge in [0.2, 0.25) is 0 Å². The molecule has 0 aliphatic heterocycles. The highest BCUT2D eigenvalue weighted by atomic mass is 16.5. The van der Waals surface area contributed by atoms with E-state index in [1.165, 1.54) is 0 Å². The molecule has 1 atom stereocenters. The lowest BCUT2D eigenvalue weighted by atomic mass is 10.1. The van der Waals surface area contributed by atoms with Crippen molar-refractivity contribution in [3.8, 4) is 5.75 Å². The van der Waals surface area contributed by atoms with Crippen molar-refractivity contribution in [1.82, 2.24) is 10.6 Å². The van der Waals surface area contributed by atoms with E-state index in [0.29, 0.717) is 19.6 Å². The first-order valence-electron chi connectivity index (χ1n) is 8.07. The Morgan fingerprint density at radius 2 is 1.79 bits per heavy atom. The van der Waals surface area contributed by atoms with Crippen LogP contribution in [0, 0.1) is 6.92 Å². The van der Waals surface area contributed by atoms with Gasteiger partial charge in [-0.15, -0.1) is 0 Å². The second-order valence-corrected chi connectivity index (χ2v) is 5.59. The smallest absolute Gasteiger partial charge is 0.315 e. The minimum Gasteiger partial charge on any atom is -0.491 e. The molecule has 0 saturated carbocycles. The van der Waals surface area contributed by atoms with Crippen molar-refractivity contribution in [3.05, 3.63) is 65.7 Å². The molecule has 0 aliphatic carbocycles. The molecular formula is C19H24N2O3. The van der Waals surface area contributed by atoms with Gasteiger partial charge in [0.25, 0.3) is 0 Å². The second-order valence-electron chi connectivity index (χ2n) is 5.59. The Kier molecular flexibility index (Phi) is 7.11. The van der Waals surface area contributed by atoms with Crippen LogP contribution in [0.3, 0.4) is 0 Å². The van der Waals surface area contributed by atoms with Gasteiger partial charge in [-0.05, 0) is 24.1 Å². The SMILES string of the molecule is Cc1ccccc1OCCNC(=O)NCC(O)Cc1ccccc1. The minimum atomic E-state index is -0.610. The lowest BCUT2D eigenvalue weighted by Gasteiger charge is -2.13. The maximum atomic E-state index is 11.7. The molecule has 0 radical (unpaired) electrons. The number of para-hydroxylation sites is 1. The molecule has 2 amide bonds. The largest absolute Gasteiger partial charge is 0.491 e. The zero-order chi connectivity index (χ0) is 17.2. The Morgan fingerprint density at radius 3 is 2.54 bits per heavy atom. The number of aryl methyl sites for hydroxylation is 1. The fourth-order valence-electron chi connectivity index (χ4n) is 2.28. The number of rotatable bonds is 8. The van der Waals surface area contributed by atoms with Crippen LogP contribution in [0.25, 0.3) is 0 Å². The van der Waals surface area contributed by atoms with Crippen LogP contribution in [0.2, 0.25) is 0 Å². The van der Waals surface area contributed by atoms with Crippen molar-refractivity contribution in [3.63, 3.8) is 0 Å². The number of amides is 2. The molecule has 128 valence electrons. The Balaban J connectivity index is 1.59. The predicted octanol–water partition coefficient (Wildman–Crippen LogP) is 2.28. The maximum Gasteiger partial charge on any atom is 0.315 e. The van der Waals surface area contributed by atoms with Crippen LogP contribution in [0.4, 0.5) is 4.79 Å². The first kappa shape index (κ1) is 17.8. The van der Waals surface area contributed by atoms with Crippen molar-refractivity contribution in [2.45, 2.75) is 19.4 Å². The number of carbonyl (C=O) groups is 1. The summed E-state index contributed by atoms with van der Waals surface area (Å²) in [6.07, 6.45) is -0.0984. The molecule has 3 N–H and O–H groups in total. The number of benzene rings is 2. The molecule has 2 aromatic rings. The van der Waals surface area contributed by atoms with Crippen LogP contribution in [0.1, 0.15) is 11.1 Å². The van der Waals surface area contributed by atoms with Crippen molar-refractivity contribution in [2.75, 3.05) is 19.7 Å². The highest BCUT2D eigenvalue weighted by molar-refractivity contribution is 5.73. The molecule has 0 spiro atoms. The van der Waals surface area contributed by atoms with E-state index in [0.717, 1.165) is 16.9 Å². The summed E-state index contributed by atoms with van der Waals surface area (Å²) in [4.78, 5) is 11.7. The van der Waals surface area contributed by atoms with Gasteiger partial charge < -0.3 is 20.5 Å². The van der Waals surface area contributed by atoms with Gasteiger partial charge in [-0.2, -0.15) is 0 Å². The molecule has 24 heavy (non-hydrogen) atoms. The summed E-state index contributed by atoms with van der Waals surface area (Å²) in [5.74, 6) is 0.818. The highest BCUT2D eigenvalue weighted by Gasteiger charge is 2.07. The Bertz CT molecular complexity index is 632. The first-order chi connectivity index (χ1) is 11.6. The number of aliphatic hydroxyl groups is 1. The fraction of sp³-hybridized carbons (Fsp3) is 0.316. The third-order valence-electron chi connectivity index (χ3n) is 3.55. The van der Waals surface area contributed by atoms with Crippen molar-refractivity contribution >= 4 is 6.03 Å². The zero-order valence-electron chi connectivity index (χ0n) is 13.9. The number of hydrogen-bond donors (Lipinski definition) is 3. The lowest BCUT2D eigenvalue weighted by molar-refractivity contribution is 0.170. The standard InChI is InChI=1S/C19H24N2O3/c1-15-7-5-6-10-18(15)24-12-11-20-19(23)21-14-17(22)13-16-8-3-2-4-9-16/h2-10,17,22H,11-14H2,1H3,(H2,20,21,23). The van der Waals surface area contributed by atoms with Gasteiger partial charge in [-0.25, -0.2) is 4.79 Å². The molecule has 5 heteroatoms. The fourth-order valence-corrected chi connectivity index (χ4v) is 2.28. The van der Waals surface area contributed by atoms with E-state index in [-0.39, 0.29) is 12.6 Å². The maximum absolute atomic E-state index is 11.7. The Labute approximate surface area is 142 Å². The first-order valence-corrected chi connectivity index (χ1v) is 8.07. The van der Waals surface area contributed by atoms with E-state index in [1.54, 1.807) is 0 Å². The summed E-state index contributed by atoms with van der Waals surface area (Å²) >= 11 is 0.